The number of nitrogens with zero attached hydrogens (tertiary/aromatic N) is 1. The summed E-state index contributed by atoms with van der Waals surface area (Å²) in [5.74, 6) is -0.585. The highest BCUT2D eigenvalue weighted by molar-refractivity contribution is 7.93. The van der Waals surface area contributed by atoms with Gasteiger partial charge in [0.25, 0.3) is 20.0 Å². The van der Waals surface area contributed by atoms with Gasteiger partial charge < -0.3 is 5.32 Å². The van der Waals surface area contributed by atoms with Crippen LogP contribution < -0.4 is 14.3 Å². The van der Waals surface area contributed by atoms with Crippen LogP contribution in [0.4, 0.5) is 17.1 Å². The van der Waals surface area contributed by atoms with Gasteiger partial charge in [-0.25, -0.2) is 16.8 Å². The number of fused-ring (bicyclic) bond motifs is 1. The smallest absolute Gasteiger partial charge is 0.264 e. The van der Waals surface area contributed by atoms with Gasteiger partial charge in [-0.2, -0.15) is 0 Å². The van der Waals surface area contributed by atoms with Gasteiger partial charge in [0.2, 0.25) is 5.91 Å². The van der Waals surface area contributed by atoms with Crippen LogP contribution in [0.5, 0.6) is 0 Å². The van der Waals surface area contributed by atoms with Crippen molar-refractivity contribution >= 4 is 53.8 Å². The molecule has 0 heterocycles. The van der Waals surface area contributed by atoms with Crippen molar-refractivity contribution in [2.24, 2.45) is 0 Å². The van der Waals surface area contributed by atoms with Gasteiger partial charge in [0.15, 0.2) is 0 Å². The quantitative estimate of drug-likeness (QED) is 0.213. The molecule has 10 heteroatoms. The minimum absolute atomic E-state index is 0.0110. The normalized spacial score (nSPS) is 11.7. The molecule has 0 aliphatic heterocycles. The van der Waals surface area contributed by atoms with Crippen LogP contribution in [0.3, 0.4) is 0 Å². The van der Waals surface area contributed by atoms with Crippen LogP contribution in [0.2, 0.25) is 0 Å². The first-order valence-electron chi connectivity index (χ1n) is 13.1. The Kier molecular flexibility index (Phi) is 8.02. The number of benzene rings is 5. The number of sulfonamides is 2. The maximum atomic E-state index is 13.6. The SMILES string of the molecule is Cc1ccc(S(=O)(=O)N(CC(=O)Nc2ccc(S(=O)(=O)Nc3cccc4ccccc34)cc2)c2ccccc2C)cc1. The molecule has 0 aliphatic rings. The molecule has 0 unspecified atom stereocenters. The summed E-state index contributed by atoms with van der Waals surface area (Å²) in [5.41, 5.74) is 2.76. The molecule has 0 saturated heterocycles. The zero-order valence-electron chi connectivity index (χ0n) is 23.0. The summed E-state index contributed by atoms with van der Waals surface area (Å²) in [6.07, 6.45) is 0. The summed E-state index contributed by atoms with van der Waals surface area (Å²) in [6.45, 7) is 3.15. The number of carbonyl (C=O) groups is 1. The van der Waals surface area contributed by atoms with Crippen LogP contribution in [0.15, 0.2) is 125 Å². The Morgan fingerprint density at radius 1 is 0.690 bits per heavy atom. The summed E-state index contributed by atoms with van der Waals surface area (Å²) >= 11 is 0. The van der Waals surface area contributed by atoms with E-state index >= 15 is 0 Å². The highest BCUT2D eigenvalue weighted by atomic mass is 32.2. The Hall–Kier alpha value is -4.67. The van der Waals surface area contributed by atoms with E-state index in [1.54, 1.807) is 55.5 Å². The van der Waals surface area contributed by atoms with E-state index in [1.165, 1.54) is 36.4 Å². The van der Waals surface area contributed by atoms with Gasteiger partial charge in [0, 0.05) is 11.1 Å². The molecule has 42 heavy (non-hydrogen) atoms. The van der Waals surface area contributed by atoms with Crippen molar-refractivity contribution in [2.45, 2.75) is 23.6 Å². The molecule has 0 aliphatic carbocycles. The number of anilines is 3. The minimum atomic E-state index is -4.07. The zero-order valence-corrected chi connectivity index (χ0v) is 24.6. The third kappa shape index (κ3) is 6.14. The van der Waals surface area contributed by atoms with Gasteiger partial charge in [0.05, 0.1) is 21.2 Å². The number of amides is 1. The fourth-order valence-electron chi connectivity index (χ4n) is 4.55. The van der Waals surface area contributed by atoms with Crippen molar-refractivity contribution < 1.29 is 21.6 Å². The molecule has 5 rings (SSSR count). The zero-order chi connectivity index (χ0) is 29.9. The van der Waals surface area contributed by atoms with Gasteiger partial charge in [-0.1, -0.05) is 72.3 Å². The van der Waals surface area contributed by atoms with E-state index in [0.29, 0.717) is 22.6 Å². The fourth-order valence-corrected chi connectivity index (χ4v) is 7.11. The summed E-state index contributed by atoms with van der Waals surface area (Å²) in [5, 5.41) is 4.36. The molecule has 0 atom stereocenters. The first-order chi connectivity index (χ1) is 20.0. The third-order valence-corrected chi connectivity index (χ3v) is 9.92. The molecule has 0 bridgehead atoms. The topological polar surface area (TPSA) is 113 Å². The van der Waals surface area contributed by atoms with Crippen molar-refractivity contribution in [2.75, 3.05) is 20.9 Å². The molecule has 214 valence electrons. The van der Waals surface area contributed by atoms with Crippen LogP contribution in [0.1, 0.15) is 11.1 Å². The van der Waals surface area contributed by atoms with Gasteiger partial charge in [0.1, 0.15) is 6.54 Å². The summed E-state index contributed by atoms with van der Waals surface area (Å²) in [6, 6.07) is 31.9. The number of hydrogen-bond donors (Lipinski definition) is 2. The molecule has 5 aromatic carbocycles. The van der Waals surface area contributed by atoms with Crippen LogP contribution >= 0.6 is 0 Å². The second-order valence-electron chi connectivity index (χ2n) is 9.82. The van der Waals surface area contributed by atoms with Crippen LogP contribution in [-0.2, 0) is 24.8 Å². The summed E-state index contributed by atoms with van der Waals surface area (Å²) in [7, 11) is -7.98. The maximum Gasteiger partial charge on any atom is 0.264 e. The van der Waals surface area contributed by atoms with Crippen LogP contribution in [0.25, 0.3) is 10.8 Å². The van der Waals surface area contributed by atoms with E-state index in [2.05, 4.69) is 10.0 Å². The lowest BCUT2D eigenvalue weighted by molar-refractivity contribution is -0.114. The minimum Gasteiger partial charge on any atom is -0.325 e. The Morgan fingerprint density at radius 3 is 2.02 bits per heavy atom. The van der Waals surface area contributed by atoms with Crippen LogP contribution in [0, 0.1) is 13.8 Å². The lowest BCUT2D eigenvalue weighted by Crippen LogP contribution is -2.38. The molecule has 2 N–H and O–H groups in total. The number of hydrogen-bond acceptors (Lipinski definition) is 5. The standard InChI is InChI=1S/C32H29N3O5S2/c1-23-14-18-28(19-15-23)42(39,40)35(31-13-6-3-8-24(31)2)22-32(36)33-26-16-20-27(21-17-26)41(37,38)34-30-12-7-10-25-9-4-5-11-29(25)30/h3-21,34H,22H2,1-2H3,(H,33,36). The molecule has 0 spiro atoms. The van der Waals surface area contributed by atoms with E-state index in [-0.39, 0.29) is 9.79 Å². The lowest BCUT2D eigenvalue weighted by atomic mass is 10.1. The van der Waals surface area contributed by atoms with Crippen molar-refractivity contribution in [1.82, 2.24) is 0 Å². The van der Waals surface area contributed by atoms with Crippen molar-refractivity contribution in [1.29, 1.82) is 0 Å². The van der Waals surface area contributed by atoms with Crippen LogP contribution in [-0.4, -0.2) is 29.3 Å². The lowest BCUT2D eigenvalue weighted by Gasteiger charge is -2.25. The molecule has 8 nitrogen and oxygen atoms in total. The Labute approximate surface area is 245 Å². The molecular weight excluding hydrogens is 571 g/mol. The maximum absolute atomic E-state index is 13.6. The van der Waals surface area contributed by atoms with Crippen molar-refractivity contribution in [3.8, 4) is 0 Å². The number of para-hydroxylation sites is 1. The predicted molar refractivity (Wildman–Crippen MR) is 167 cm³/mol. The van der Waals surface area contributed by atoms with Gasteiger partial charge in [-0.05, 0) is 73.3 Å². The van der Waals surface area contributed by atoms with Gasteiger partial charge in [-0.3, -0.25) is 13.8 Å². The monoisotopic (exact) mass is 599 g/mol. The number of carbonyl (C=O) groups excluding carboxylic acids is 1. The van der Waals surface area contributed by atoms with E-state index in [0.717, 1.165) is 20.6 Å². The third-order valence-electron chi connectivity index (χ3n) is 6.76. The highest BCUT2D eigenvalue weighted by Gasteiger charge is 2.28. The average molecular weight is 600 g/mol. The number of aryl methyl sites for hydroxylation is 2. The largest absolute Gasteiger partial charge is 0.325 e. The number of nitrogens with one attached hydrogen (secondary N) is 2. The Bertz CT molecular complexity index is 1970. The Morgan fingerprint density at radius 2 is 1.31 bits per heavy atom. The molecule has 0 radical (unpaired) electrons. The van der Waals surface area contributed by atoms with Crippen molar-refractivity contribution in [3.63, 3.8) is 0 Å². The first kappa shape index (κ1) is 28.8. The van der Waals surface area contributed by atoms with Crippen molar-refractivity contribution in [3.05, 3.63) is 126 Å². The second-order valence-corrected chi connectivity index (χ2v) is 13.4. The van der Waals surface area contributed by atoms with Gasteiger partial charge >= 0.3 is 0 Å². The molecule has 0 aromatic heterocycles. The summed E-state index contributed by atoms with van der Waals surface area (Å²) < 4.78 is 57.2. The molecular formula is C32H29N3O5S2. The predicted octanol–water partition coefficient (Wildman–Crippen LogP) is 6.09. The molecule has 5 aromatic rings. The highest BCUT2D eigenvalue weighted by Crippen LogP contribution is 2.28. The summed E-state index contributed by atoms with van der Waals surface area (Å²) in [4.78, 5) is 13.2. The van der Waals surface area contributed by atoms with E-state index in [4.69, 9.17) is 0 Å². The molecule has 1 amide bonds. The Balaban J connectivity index is 1.35. The fraction of sp³-hybridized carbons (Fsp3) is 0.0938. The first-order valence-corrected chi connectivity index (χ1v) is 16.0. The molecule has 0 saturated carbocycles. The number of rotatable bonds is 9. The van der Waals surface area contributed by atoms with E-state index in [9.17, 15) is 21.6 Å². The molecule has 0 fully saturated rings. The second kappa shape index (κ2) is 11.7. The van der Waals surface area contributed by atoms with Gasteiger partial charge in [-0.15, -0.1) is 0 Å². The average Bonchev–Trinajstić information content (AvgIpc) is 2.97. The van der Waals surface area contributed by atoms with E-state index in [1.807, 2.05) is 37.3 Å². The van der Waals surface area contributed by atoms with E-state index < -0.39 is 32.5 Å².